The molecule has 0 spiro atoms. The van der Waals surface area contributed by atoms with Gasteiger partial charge in [-0.3, -0.25) is 4.99 Å². The summed E-state index contributed by atoms with van der Waals surface area (Å²) in [4.78, 5) is 18.3. The monoisotopic (exact) mass is 430 g/mol. The lowest BCUT2D eigenvalue weighted by atomic mass is 10.1. The van der Waals surface area contributed by atoms with Crippen LogP contribution in [0.2, 0.25) is 0 Å². The van der Waals surface area contributed by atoms with Gasteiger partial charge >= 0.3 is 6.09 Å². The normalized spacial score (nSPS) is 15.0. The highest BCUT2D eigenvalue weighted by Crippen LogP contribution is 2.11. The maximum atomic E-state index is 13.1. The molecule has 1 aliphatic heterocycles. The van der Waals surface area contributed by atoms with Gasteiger partial charge in [0.05, 0.1) is 12.9 Å². The van der Waals surface area contributed by atoms with Gasteiger partial charge in [-0.15, -0.1) is 0 Å². The Morgan fingerprint density at radius 3 is 2.68 bits per heavy atom. The molecule has 0 bridgehead atoms. The van der Waals surface area contributed by atoms with E-state index in [0.717, 1.165) is 43.0 Å². The van der Waals surface area contributed by atoms with Crippen LogP contribution in [0, 0.1) is 5.82 Å². The first kappa shape index (κ1) is 22.7. The molecule has 0 saturated carbocycles. The van der Waals surface area contributed by atoms with E-state index < -0.39 is 0 Å². The average molecular weight is 431 g/mol. The maximum Gasteiger partial charge on any atom is 0.409 e. The van der Waals surface area contributed by atoms with Crippen molar-refractivity contribution in [3.8, 4) is 0 Å². The Kier molecular flexibility index (Phi) is 8.75. The van der Waals surface area contributed by atoms with Gasteiger partial charge in [0.1, 0.15) is 11.6 Å². The van der Waals surface area contributed by atoms with E-state index in [1.165, 1.54) is 12.1 Å². The van der Waals surface area contributed by atoms with Gasteiger partial charge in [0.2, 0.25) is 0 Å². The summed E-state index contributed by atoms with van der Waals surface area (Å²) in [6.07, 6.45) is 4.56. The second-order valence-electron chi connectivity index (χ2n) is 7.47. The second kappa shape index (κ2) is 12.0. The third-order valence-electron chi connectivity index (χ3n) is 5.19. The molecule has 1 aromatic carbocycles. The molecule has 0 unspecified atom stereocenters. The SMILES string of the molecule is CCOC(=O)N1CCC(NC(=NCCc2ccco2)NCCc2ccc(F)cc2)CC1. The van der Waals surface area contributed by atoms with Crippen LogP contribution < -0.4 is 10.6 Å². The summed E-state index contributed by atoms with van der Waals surface area (Å²) in [5.41, 5.74) is 1.06. The summed E-state index contributed by atoms with van der Waals surface area (Å²) in [7, 11) is 0. The van der Waals surface area contributed by atoms with Crippen LogP contribution in [-0.4, -0.2) is 55.8 Å². The number of hydrogen-bond acceptors (Lipinski definition) is 4. The Hall–Kier alpha value is -3.03. The lowest BCUT2D eigenvalue weighted by Gasteiger charge is -2.32. The summed E-state index contributed by atoms with van der Waals surface area (Å²) in [6.45, 7) is 4.80. The number of guanidine groups is 1. The predicted octanol–water partition coefficient (Wildman–Crippen LogP) is 3.36. The first-order valence-corrected chi connectivity index (χ1v) is 10.9. The minimum absolute atomic E-state index is 0.228. The number of amides is 1. The molecule has 31 heavy (non-hydrogen) atoms. The Morgan fingerprint density at radius 2 is 2.00 bits per heavy atom. The standard InChI is InChI=1S/C23H31FN4O3/c1-2-30-23(29)28-15-11-20(12-16-28)27-22(26-14-10-21-4-3-17-31-21)25-13-9-18-5-7-19(24)8-6-18/h3-8,17,20H,2,9-16H2,1H3,(H2,25,26,27). The summed E-state index contributed by atoms with van der Waals surface area (Å²) in [5.74, 6) is 1.41. The number of carbonyl (C=O) groups is 1. The van der Waals surface area contributed by atoms with Crippen LogP contribution in [0.1, 0.15) is 31.1 Å². The van der Waals surface area contributed by atoms with Crippen LogP contribution in [0.25, 0.3) is 0 Å². The zero-order valence-electron chi connectivity index (χ0n) is 18.0. The number of hydrogen-bond donors (Lipinski definition) is 2. The molecular formula is C23H31FN4O3. The molecule has 1 saturated heterocycles. The number of nitrogens with zero attached hydrogens (tertiary/aromatic N) is 2. The number of carbonyl (C=O) groups excluding carboxylic acids is 1. The Bertz CT molecular complexity index is 816. The van der Waals surface area contributed by atoms with Crippen LogP contribution in [0.3, 0.4) is 0 Å². The van der Waals surface area contributed by atoms with Crippen molar-refractivity contribution in [1.29, 1.82) is 0 Å². The third kappa shape index (κ3) is 7.62. The number of nitrogens with one attached hydrogen (secondary N) is 2. The minimum atomic E-state index is -0.245. The number of rotatable bonds is 8. The van der Waals surface area contributed by atoms with E-state index in [4.69, 9.17) is 14.1 Å². The zero-order chi connectivity index (χ0) is 21.9. The highest BCUT2D eigenvalue weighted by Gasteiger charge is 2.24. The summed E-state index contributed by atoms with van der Waals surface area (Å²) >= 11 is 0. The van der Waals surface area contributed by atoms with Crippen LogP contribution in [0.4, 0.5) is 9.18 Å². The van der Waals surface area contributed by atoms with E-state index in [9.17, 15) is 9.18 Å². The van der Waals surface area contributed by atoms with E-state index in [-0.39, 0.29) is 18.0 Å². The molecule has 1 fully saturated rings. The predicted molar refractivity (Wildman–Crippen MR) is 118 cm³/mol. The van der Waals surface area contributed by atoms with Gasteiger partial charge in [-0.05, 0) is 56.0 Å². The van der Waals surface area contributed by atoms with Crippen LogP contribution >= 0.6 is 0 Å². The topological polar surface area (TPSA) is 79.1 Å². The number of ether oxygens (including phenoxy) is 1. The minimum Gasteiger partial charge on any atom is -0.469 e. The van der Waals surface area contributed by atoms with Crippen LogP contribution in [-0.2, 0) is 17.6 Å². The number of piperidine rings is 1. The lowest BCUT2D eigenvalue weighted by molar-refractivity contribution is 0.0963. The molecule has 2 heterocycles. The van der Waals surface area contributed by atoms with Crippen molar-refractivity contribution < 1.29 is 18.3 Å². The zero-order valence-corrected chi connectivity index (χ0v) is 18.0. The molecule has 1 aromatic heterocycles. The van der Waals surface area contributed by atoms with Gasteiger partial charge in [-0.25, -0.2) is 9.18 Å². The molecule has 7 nitrogen and oxygen atoms in total. The smallest absolute Gasteiger partial charge is 0.409 e. The van der Waals surface area contributed by atoms with Crippen molar-refractivity contribution >= 4 is 12.1 Å². The first-order chi connectivity index (χ1) is 15.1. The Balaban J connectivity index is 1.51. The largest absolute Gasteiger partial charge is 0.469 e. The summed E-state index contributed by atoms with van der Waals surface area (Å²) in [6, 6.07) is 10.6. The van der Waals surface area contributed by atoms with Crippen molar-refractivity contribution in [1.82, 2.24) is 15.5 Å². The molecule has 8 heteroatoms. The molecule has 0 aliphatic carbocycles. The molecule has 0 radical (unpaired) electrons. The number of aliphatic imine (C=N–C) groups is 1. The molecular weight excluding hydrogens is 399 g/mol. The molecule has 168 valence electrons. The third-order valence-corrected chi connectivity index (χ3v) is 5.19. The Morgan fingerprint density at radius 1 is 1.23 bits per heavy atom. The van der Waals surface area contributed by atoms with Crippen LogP contribution in [0.15, 0.2) is 52.1 Å². The number of halogens is 1. The molecule has 1 aliphatic rings. The lowest BCUT2D eigenvalue weighted by Crippen LogP contribution is -2.50. The van der Waals surface area contributed by atoms with Gasteiger partial charge in [-0.1, -0.05) is 12.1 Å². The van der Waals surface area contributed by atoms with Crippen molar-refractivity contribution in [3.63, 3.8) is 0 Å². The van der Waals surface area contributed by atoms with E-state index >= 15 is 0 Å². The van der Waals surface area contributed by atoms with Crippen molar-refractivity contribution in [2.45, 2.75) is 38.6 Å². The Labute approximate surface area is 182 Å². The van der Waals surface area contributed by atoms with E-state index in [0.29, 0.717) is 32.8 Å². The van der Waals surface area contributed by atoms with Gasteiger partial charge in [-0.2, -0.15) is 0 Å². The van der Waals surface area contributed by atoms with Crippen molar-refractivity contribution in [3.05, 3.63) is 59.8 Å². The maximum absolute atomic E-state index is 13.1. The van der Waals surface area contributed by atoms with Crippen molar-refractivity contribution in [2.75, 3.05) is 32.8 Å². The number of furan rings is 1. The van der Waals surface area contributed by atoms with Gasteiger partial charge in [0, 0.05) is 38.6 Å². The molecule has 2 aromatic rings. The van der Waals surface area contributed by atoms with Crippen molar-refractivity contribution in [2.24, 2.45) is 4.99 Å². The van der Waals surface area contributed by atoms with Gasteiger partial charge in [0.15, 0.2) is 5.96 Å². The molecule has 2 N–H and O–H groups in total. The highest BCUT2D eigenvalue weighted by molar-refractivity contribution is 5.80. The quantitative estimate of drug-likeness (QED) is 0.496. The molecule has 0 atom stereocenters. The fourth-order valence-electron chi connectivity index (χ4n) is 3.48. The number of benzene rings is 1. The van der Waals surface area contributed by atoms with E-state index in [1.807, 2.05) is 19.1 Å². The molecule has 3 rings (SSSR count). The summed E-state index contributed by atoms with van der Waals surface area (Å²) < 4.78 is 23.6. The highest BCUT2D eigenvalue weighted by atomic mass is 19.1. The van der Waals surface area contributed by atoms with E-state index in [2.05, 4.69) is 10.6 Å². The first-order valence-electron chi connectivity index (χ1n) is 10.9. The fraction of sp³-hybridized carbons (Fsp3) is 0.478. The van der Waals surface area contributed by atoms with Gasteiger partial charge < -0.3 is 24.7 Å². The van der Waals surface area contributed by atoms with Gasteiger partial charge in [0.25, 0.3) is 0 Å². The molecule has 1 amide bonds. The number of likely N-dealkylation sites (tertiary alicyclic amines) is 1. The second-order valence-corrected chi connectivity index (χ2v) is 7.47. The van der Waals surface area contributed by atoms with Crippen LogP contribution in [0.5, 0.6) is 0 Å². The average Bonchev–Trinajstić information content (AvgIpc) is 3.29. The van der Waals surface area contributed by atoms with E-state index in [1.54, 1.807) is 23.3 Å². The summed E-state index contributed by atoms with van der Waals surface area (Å²) in [5, 5.41) is 6.87. The fourth-order valence-corrected chi connectivity index (χ4v) is 3.48.